The first-order valence-electron chi connectivity index (χ1n) is 4.49. The lowest BCUT2D eigenvalue weighted by molar-refractivity contribution is -0.145. The normalized spacial score (nSPS) is 19.2. The Kier molecular flexibility index (Phi) is 2.78. The van der Waals surface area contributed by atoms with Gasteiger partial charge in [-0.25, -0.2) is 5.01 Å². The van der Waals surface area contributed by atoms with Crippen LogP contribution >= 0.6 is 15.9 Å². The van der Waals surface area contributed by atoms with E-state index in [9.17, 15) is 9.59 Å². The van der Waals surface area contributed by atoms with Gasteiger partial charge in [0.05, 0.1) is 0 Å². The van der Waals surface area contributed by atoms with Gasteiger partial charge in [0.2, 0.25) is 0 Å². The van der Waals surface area contributed by atoms with E-state index < -0.39 is 12.5 Å². The molecule has 0 spiro atoms. The van der Waals surface area contributed by atoms with Crippen molar-refractivity contribution in [3.05, 3.63) is 22.8 Å². The molecule has 2 heterocycles. The number of carbonyl (C=O) groups is 2. The van der Waals surface area contributed by atoms with Crippen molar-refractivity contribution in [1.82, 2.24) is 9.91 Å². The smallest absolute Gasteiger partial charge is 0.325 e. The summed E-state index contributed by atoms with van der Waals surface area (Å²) >= 11 is 3.28. The Morgan fingerprint density at radius 2 is 2.31 bits per heavy atom. The van der Waals surface area contributed by atoms with Crippen molar-refractivity contribution >= 4 is 33.6 Å². The van der Waals surface area contributed by atoms with Crippen molar-refractivity contribution in [2.24, 2.45) is 5.10 Å². The molecule has 0 aromatic heterocycles. The van der Waals surface area contributed by atoms with Gasteiger partial charge in [0.15, 0.2) is 5.84 Å². The summed E-state index contributed by atoms with van der Waals surface area (Å²) in [6.07, 6.45) is 5.23. The van der Waals surface area contributed by atoms with E-state index in [2.05, 4.69) is 21.0 Å². The predicted molar refractivity (Wildman–Crippen MR) is 59.6 cm³/mol. The van der Waals surface area contributed by atoms with Crippen molar-refractivity contribution in [3.8, 4) is 0 Å². The van der Waals surface area contributed by atoms with Gasteiger partial charge in [0.25, 0.3) is 5.91 Å². The number of amidine groups is 1. The van der Waals surface area contributed by atoms with Crippen LogP contribution in [-0.2, 0) is 9.59 Å². The minimum Gasteiger partial charge on any atom is -0.480 e. The zero-order chi connectivity index (χ0) is 11.7. The molecule has 1 amide bonds. The number of carboxylic acids is 1. The van der Waals surface area contributed by atoms with Crippen LogP contribution in [0.4, 0.5) is 0 Å². The van der Waals surface area contributed by atoms with Gasteiger partial charge < -0.3 is 10.0 Å². The van der Waals surface area contributed by atoms with E-state index in [1.165, 1.54) is 0 Å². The van der Waals surface area contributed by atoms with Crippen LogP contribution in [0.15, 0.2) is 27.9 Å². The highest BCUT2D eigenvalue weighted by atomic mass is 79.9. The minimum absolute atomic E-state index is 0.103. The number of carboxylic acid groups (broad SMARTS) is 1. The Bertz CT molecular complexity index is 441. The summed E-state index contributed by atoms with van der Waals surface area (Å²) in [5.41, 5.74) is 0. The lowest BCUT2D eigenvalue weighted by atomic mass is 10.3. The van der Waals surface area contributed by atoms with E-state index in [1.54, 1.807) is 23.3 Å². The summed E-state index contributed by atoms with van der Waals surface area (Å²) in [7, 11) is 0. The number of nitrogens with zero attached hydrogens (tertiary/aromatic N) is 3. The number of halogens is 1. The van der Waals surface area contributed by atoms with Gasteiger partial charge in [-0.2, -0.15) is 5.10 Å². The van der Waals surface area contributed by atoms with Gasteiger partial charge in [-0.05, 0) is 28.1 Å². The molecule has 0 aromatic carbocycles. The fraction of sp³-hybridized carbons (Fsp3) is 0.222. The average Bonchev–Trinajstić information content (AvgIpc) is 2.19. The van der Waals surface area contributed by atoms with Gasteiger partial charge in [-0.1, -0.05) is 0 Å². The maximum absolute atomic E-state index is 11.5. The summed E-state index contributed by atoms with van der Waals surface area (Å²) < 4.78 is 0.839. The first kappa shape index (κ1) is 10.9. The van der Waals surface area contributed by atoms with E-state index in [1.807, 2.05) is 0 Å². The van der Waals surface area contributed by atoms with Crippen LogP contribution in [-0.4, -0.2) is 45.8 Å². The van der Waals surface area contributed by atoms with Gasteiger partial charge in [-0.3, -0.25) is 9.59 Å². The standard InChI is InChI=1S/C9H8BrN3O3/c10-6-1-2-7-11-13(5-9(15)16)8(14)4-12(7)3-6/h1-3H,4-5H2,(H,15,16). The highest BCUT2D eigenvalue weighted by molar-refractivity contribution is 9.11. The molecule has 16 heavy (non-hydrogen) atoms. The Hall–Kier alpha value is -1.63. The molecule has 2 aliphatic heterocycles. The highest BCUT2D eigenvalue weighted by Crippen LogP contribution is 2.18. The number of fused-ring (bicyclic) bond motifs is 1. The summed E-state index contributed by atoms with van der Waals surface area (Å²) in [5, 5.41) is 13.5. The molecule has 2 rings (SSSR count). The second kappa shape index (κ2) is 4.09. The number of rotatable bonds is 2. The number of aliphatic carboxylic acids is 1. The van der Waals surface area contributed by atoms with Gasteiger partial charge in [-0.15, -0.1) is 0 Å². The van der Waals surface area contributed by atoms with Crippen LogP contribution in [0.5, 0.6) is 0 Å². The van der Waals surface area contributed by atoms with Gasteiger partial charge in [0.1, 0.15) is 13.1 Å². The third kappa shape index (κ3) is 2.13. The predicted octanol–water partition coefficient (Wildman–Crippen LogP) is 0.335. The SMILES string of the molecule is O=C(O)CN1N=C2C=CC(Br)=CN2CC1=O. The van der Waals surface area contributed by atoms with Crippen molar-refractivity contribution in [2.75, 3.05) is 13.1 Å². The highest BCUT2D eigenvalue weighted by Gasteiger charge is 2.27. The first-order chi connectivity index (χ1) is 7.56. The van der Waals surface area contributed by atoms with Crippen molar-refractivity contribution in [3.63, 3.8) is 0 Å². The zero-order valence-electron chi connectivity index (χ0n) is 8.13. The molecule has 0 bridgehead atoms. The molecule has 7 heteroatoms. The van der Waals surface area contributed by atoms with Crippen molar-refractivity contribution in [1.29, 1.82) is 0 Å². The largest absolute Gasteiger partial charge is 0.480 e. The third-order valence-electron chi connectivity index (χ3n) is 2.07. The van der Waals surface area contributed by atoms with E-state index in [0.717, 1.165) is 9.49 Å². The summed E-state index contributed by atoms with van der Waals surface area (Å²) in [4.78, 5) is 23.7. The van der Waals surface area contributed by atoms with Crippen LogP contribution in [0.3, 0.4) is 0 Å². The number of allylic oxidation sites excluding steroid dienone is 2. The number of hydrazone groups is 1. The van der Waals surface area contributed by atoms with Crippen molar-refractivity contribution < 1.29 is 14.7 Å². The third-order valence-corrected chi connectivity index (χ3v) is 2.54. The van der Waals surface area contributed by atoms with Crippen LogP contribution in [0.1, 0.15) is 0 Å². The fourth-order valence-electron chi connectivity index (χ4n) is 1.38. The van der Waals surface area contributed by atoms with E-state index in [-0.39, 0.29) is 12.5 Å². The Morgan fingerprint density at radius 1 is 1.56 bits per heavy atom. The van der Waals surface area contributed by atoms with E-state index in [4.69, 9.17) is 5.11 Å². The monoisotopic (exact) mass is 285 g/mol. The Morgan fingerprint density at radius 3 is 3.00 bits per heavy atom. The molecule has 0 saturated heterocycles. The Labute approximate surface area is 99.6 Å². The van der Waals surface area contributed by atoms with E-state index in [0.29, 0.717) is 5.84 Å². The molecule has 2 aliphatic rings. The van der Waals surface area contributed by atoms with Crippen LogP contribution < -0.4 is 0 Å². The molecule has 84 valence electrons. The molecular formula is C9H8BrN3O3. The maximum Gasteiger partial charge on any atom is 0.325 e. The van der Waals surface area contributed by atoms with Gasteiger partial charge >= 0.3 is 5.97 Å². The molecule has 1 N–H and O–H groups in total. The Balaban J connectivity index is 2.23. The molecule has 0 aromatic rings. The fourth-order valence-corrected chi connectivity index (χ4v) is 1.76. The maximum atomic E-state index is 11.5. The van der Waals surface area contributed by atoms with Crippen LogP contribution in [0.2, 0.25) is 0 Å². The molecule has 0 saturated carbocycles. The lowest BCUT2D eigenvalue weighted by Crippen LogP contribution is -2.46. The average molecular weight is 286 g/mol. The topological polar surface area (TPSA) is 73.2 Å². The number of amides is 1. The molecular weight excluding hydrogens is 278 g/mol. The first-order valence-corrected chi connectivity index (χ1v) is 5.28. The molecule has 0 radical (unpaired) electrons. The molecule has 0 atom stereocenters. The molecule has 6 nitrogen and oxygen atoms in total. The van der Waals surface area contributed by atoms with E-state index >= 15 is 0 Å². The molecule has 0 unspecified atom stereocenters. The van der Waals surface area contributed by atoms with Gasteiger partial charge in [0, 0.05) is 10.7 Å². The zero-order valence-corrected chi connectivity index (χ0v) is 9.72. The summed E-state index contributed by atoms with van der Waals surface area (Å²) in [6, 6.07) is 0. The number of hydrogen-bond acceptors (Lipinski definition) is 4. The quantitative estimate of drug-likeness (QED) is 0.794. The number of hydrogen-bond donors (Lipinski definition) is 1. The molecule has 0 aliphatic carbocycles. The summed E-state index contributed by atoms with van der Waals surface area (Å²) in [6.45, 7) is -0.305. The number of carbonyl (C=O) groups excluding carboxylic acids is 1. The lowest BCUT2D eigenvalue weighted by Gasteiger charge is -2.30. The summed E-state index contributed by atoms with van der Waals surface area (Å²) in [5.74, 6) is -0.857. The van der Waals surface area contributed by atoms with Crippen LogP contribution in [0.25, 0.3) is 0 Å². The van der Waals surface area contributed by atoms with Crippen molar-refractivity contribution in [2.45, 2.75) is 0 Å². The van der Waals surface area contributed by atoms with Crippen LogP contribution in [0, 0.1) is 0 Å². The molecule has 0 fully saturated rings. The second-order valence-electron chi connectivity index (χ2n) is 3.28. The second-order valence-corrected chi connectivity index (χ2v) is 4.19. The minimum atomic E-state index is -1.08.